The van der Waals surface area contributed by atoms with E-state index >= 15 is 0 Å². The molecule has 1 aliphatic heterocycles. The minimum absolute atomic E-state index is 0.0285. The minimum atomic E-state index is -0.189. The lowest BCUT2D eigenvalue weighted by atomic mass is 10.1. The standard InChI is InChI=1S/C13H18ClFN2/c1-9-7-17(10(2)13(14)16-9)8-11-3-5-12(15)6-4-11/h3-6,9-10,13,16H,7-8H2,1-2H3/t9-,10?,13?/m1/s1. The first-order chi connectivity index (χ1) is 8.06. The number of nitrogens with zero attached hydrogens (tertiary/aromatic N) is 1. The Morgan fingerprint density at radius 3 is 2.65 bits per heavy atom. The van der Waals surface area contributed by atoms with Gasteiger partial charge in [-0.15, -0.1) is 11.6 Å². The predicted octanol–water partition coefficient (Wildman–Crippen LogP) is 2.57. The summed E-state index contributed by atoms with van der Waals surface area (Å²) in [6.45, 7) is 6.01. The van der Waals surface area contributed by atoms with Crippen molar-refractivity contribution in [1.82, 2.24) is 10.2 Å². The molecule has 1 saturated heterocycles. The Balaban J connectivity index is 2.04. The van der Waals surface area contributed by atoms with Crippen molar-refractivity contribution in [3.63, 3.8) is 0 Å². The number of hydrogen-bond donors (Lipinski definition) is 1. The van der Waals surface area contributed by atoms with Gasteiger partial charge in [-0.05, 0) is 31.5 Å². The van der Waals surface area contributed by atoms with E-state index in [4.69, 9.17) is 11.6 Å². The largest absolute Gasteiger partial charge is 0.296 e. The van der Waals surface area contributed by atoms with Gasteiger partial charge in [-0.1, -0.05) is 12.1 Å². The van der Waals surface area contributed by atoms with Crippen LogP contribution < -0.4 is 5.32 Å². The number of alkyl halides is 1. The van der Waals surface area contributed by atoms with E-state index in [1.807, 2.05) is 12.1 Å². The molecule has 1 N–H and O–H groups in total. The Hall–Kier alpha value is -0.640. The Bertz CT molecular complexity index is 368. The van der Waals surface area contributed by atoms with E-state index in [2.05, 4.69) is 24.1 Å². The highest BCUT2D eigenvalue weighted by Crippen LogP contribution is 2.18. The number of benzene rings is 1. The first-order valence-electron chi connectivity index (χ1n) is 5.95. The van der Waals surface area contributed by atoms with Gasteiger partial charge < -0.3 is 0 Å². The van der Waals surface area contributed by atoms with Crippen molar-refractivity contribution in [2.45, 2.75) is 38.0 Å². The van der Waals surface area contributed by atoms with Gasteiger partial charge in [0.2, 0.25) is 0 Å². The van der Waals surface area contributed by atoms with Crippen molar-refractivity contribution in [3.05, 3.63) is 35.6 Å². The summed E-state index contributed by atoms with van der Waals surface area (Å²) in [5, 5.41) is 3.32. The number of hydrogen-bond acceptors (Lipinski definition) is 2. The summed E-state index contributed by atoms with van der Waals surface area (Å²) in [6.07, 6.45) is 0. The van der Waals surface area contributed by atoms with Crippen LogP contribution in [-0.4, -0.2) is 29.0 Å². The van der Waals surface area contributed by atoms with Crippen LogP contribution in [0.2, 0.25) is 0 Å². The SMILES string of the molecule is CC1C(Cl)N[C@H](C)CN1Cc1ccc(F)cc1. The van der Waals surface area contributed by atoms with Crippen molar-refractivity contribution in [2.75, 3.05) is 6.54 Å². The lowest BCUT2D eigenvalue weighted by Gasteiger charge is -2.40. The van der Waals surface area contributed by atoms with Crippen LogP contribution in [-0.2, 0) is 6.54 Å². The Labute approximate surface area is 107 Å². The molecule has 1 fully saturated rings. The number of rotatable bonds is 2. The summed E-state index contributed by atoms with van der Waals surface area (Å²) in [7, 11) is 0. The lowest BCUT2D eigenvalue weighted by molar-refractivity contribution is 0.125. The first-order valence-corrected chi connectivity index (χ1v) is 6.38. The van der Waals surface area contributed by atoms with Crippen molar-refractivity contribution in [3.8, 4) is 0 Å². The van der Waals surface area contributed by atoms with Crippen LogP contribution in [0.5, 0.6) is 0 Å². The van der Waals surface area contributed by atoms with E-state index in [0.717, 1.165) is 18.7 Å². The highest BCUT2D eigenvalue weighted by atomic mass is 35.5. The monoisotopic (exact) mass is 256 g/mol. The summed E-state index contributed by atoms with van der Waals surface area (Å²) in [4.78, 5) is 2.33. The molecular weight excluding hydrogens is 239 g/mol. The molecule has 0 aromatic heterocycles. The summed E-state index contributed by atoms with van der Waals surface area (Å²) in [6, 6.07) is 7.33. The molecule has 1 heterocycles. The van der Waals surface area contributed by atoms with Gasteiger partial charge >= 0.3 is 0 Å². The topological polar surface area (TPSA) is 15.3 Å². The van der Waals surface area contributed by atoms with Crippen LogP contribution in [0, 0.1) is 5.82 Å². The van der Waals surface area contributed by atoms with E-state index < -0.39 is 0 Å². The Morgan fingerprint density at radius 1 is 1.35 bits per heavy atom. The first kappa shape index (κ1) is 12.8. The van der Waals surface area contributed by atoms with Crippen molar-refractivity contribution >= 4 is 11.6 Å². The van der Waals surface area contributed by atoms with Crippen LogP contribution >= 0.6 is 11.6 Å². The van der Waals surface area contributed by atoms with Crippen LogP contribution in [0.4, 0.5) is 4.39 Å². The average Bonchev–Trinajstić information content (AvgIpc) is 2.28. The van der Waals surface area contributed by atoms with Crippen molar-refractivity contribution < 1.29 is 4.39 Å². The van der Waals surface area contributed by atoms with Crippen molar-refractivity contribution in [2.24, 2.45) is 0 Å². The highest BCUT2D eigenvalue weighted by Gasteiger charge is 2.29. The molecule has 0 amide bonds. The van der Waals surface area contributed by atoms with Gasteiger partial charge in [-0.2, -0.15) is 0 Å². The van der Waals surface area contributed by atoms with Gasteiger partial charge in [0.05, 0.1) is 5.50 Å². The smallest absolute Gasteiger partial charge is 0.123 e. The quantitative estimate of drug-likeness (QED) is 0.646. The molecule has 2 rings (SSSR count). The molecule has 0 bridgehead atoms. The Morgan fingerprint density at radius 2 is 2.00 bits per heavy atom. The molecule has 0 spiro atoms. The maximum absolute atomic E-state index is 12.8. The predicted molar refractivity (Wildman–Crippen MR) is 68.5 cm³/mol. The molecule has 1 aromatic carbocycles. The summed E-state index contributed by atoms with van der Waals surface area (Å²) < 4.78 is 12.8. The Kier molecular flexibility index (Phi) is 4.02. The molecular formula is C13H18ClFN2. The van der Waals surface area contributed by atoms with E-state index in [-0.39, 0.29) is 17.4 Å². The average molecular weight is 257 g/mol. The molecule has 4 heteroatoms. The summed E-state index contributed by atoms with van der Waals surface area (Å²) in [5.41, 5.74) is 1.09. The van der Waals surface area contributed by atoms with Crippen LogP contribution in [0.1, 0.15) is 19.4 Å². The molecule has 2 unspecified atom stereocenters. The molecule has 2 nitrogen and oxygen atoms in total. The van der Waals surface area contributed by atoms with Gasteiger partial charge in [-0.3, -0.25) is 10.2 Å². The fraction of sp³-hybridized carbons (Fsp3) is 0.538. The second kappa shape index (κ2) is 5.34. The molecule has 1 aromatic rings. The number of piperazine rings is 1. The van der Waals surface area contributed by atoms with Gasteiger partial charge in [-0.25, -0.2) is 4.39 Å². The molecule has 3 atom stereocenters. The zero-order valence-corrected chi connectivity index (χ0v) is 10.9. The molecule has 0 saturated carbocycles. The maximum Gasteiger partial charge on any atom is 0.123 e. The zero-order valence-electron chi connectivity index (χ0n) is 10.2. The number of nitrogens with one attached hydrogen (secondary N) is 1. The summed E-state index contributed by atoms with van der Waals surface area (Å²) in [5.74, 6) is -0.189. The normalized spacial score (nSPS) is 30.5. The third-order valence-corrected chi connectivity index (χ3v) is 3.74. The third-order valence-electron chi connectivity index (χ3n) is 3.25. The number of halogens is 2. The lowest BCUT2D eigenvalue weighted by Crippen LogP contribution is -2.57. The van der Waals surface area contributed by atoms with E-state index in [9.17, 15) is 4.39 Å². The second-order valence-electron chi connectivity index (χ2n) is 4.77. The molecule has 0 radical (unpaired) electrons. The molecule has 94 valence electrons. The van der Waals surface area contributed by atoms with E-state index in [1.165, 1.54) is 12.1 Å². The van der Waals surface area contributed by atoms with Crippen LogP contribution in [0.15, 0.2) is 24.3 Å². The van der Waals surface area contributed by atoms with Gasteiger partial charge in [0.25, 0.3) is 0 Å². The van der Waals surface area contributed by atoms with Crippen molar-refractivity contribution in [1.29, 1.82) is 0 Å². The minimum Gasteiger partial charge on any atom is -0.296 e. The third kappa shape index (κ3) is 3.18. The molecule has 17 heavy (non-hydrogen) atoms. The van der Waals surface area contributed by atoms with Gasteiger partial charge in [0.15, 0.2) is 0 Å². The van der Waals surface area contributed by atoms with E-state index in [1.54, 1.807) is 0 Å². The van der Waals surface area contributed by atoms with Crippen LogP contribution in [0.3, 0.4) is 0 Å². The zero-order chi connectivity index (χ0) is 12.4. The van der Waals surface area contributed by atoms with Gasteiger partial charge in [0, 0.05) is 25.2 Å². The highest BCUT2D eigenvalue weighted by molar-refractivity contribution is 6.20. The summed E-state index contributed by atoms with van der Waals surface area (Å²) >= 11 is 6.24. The maximum atomic E-state index is 12.8. The molecule has 0 aliphatic carbocycles. The van der Waals surface area contributed by atoms with Gasteiger partial charge in [0.1, 0.15) is 5.82 Å². The fourth-order valence-corrected chi connectivity index (χ4v) is 2.57. The second-order valence-corrected chi connectivity index (χ2v) is 5.24. The van der Waals surface area contributed by atoms with E-state index in [0.29, 0.717) is 6.04 Å². The molecule has 1 aliphatic rings. The van der Waals surface area contributed by atoms with Crippen LogP contribution in [0.25, 0.3) is 0 Å². The fourth-order valence-electron chi connectivity index (χ4n) is 2.20.